The molecule has 0 aliphatic heterocycles. The predicted molar refractivity (Wildman–Crippen MR) is 148 cm³/mol. The van der Waals surface area contributed by atoms with Crippen LogP contribution in [0.5, 0.6) is 0 Å². The van der Waals surface area contributed by atoms with E-state index in [2.05, 4.69) is 6.07 Å². The van der Waals surface area contributed by atoms with Gasteiger partial charge < -0.3 is 9.46 Å². The number of hydrogen-bond acceptors (Lipinski definition) is 2. The first-order valence-corrected chi connectivity index (χ1v) is 13.5. The maximum atomic E-state index is 15.3. The number of amides is 1. The van der Waals surface area contributed by atoms with Gasteiger partial charge >= 0.3 is 0 Å². The fourth-order valence-electron chi connectivity index (χ4n) is 4.50. The molecule has 0 aromatic heterocycles. The van der Waals surface area contributed by atoms with Crippen LogP contribution < -0.4 is 20.8 Å². The van der Waals surface area contributed by atoms with E-state index in [9.17, 15) is 4.79 Å². The molecule has 0 radical (unpaired) electrons. The van der Waals surface area contributed by atoms with Crippen LogP contribution in [0, 0.1) is 13.8 Å². The molecule has 4 heteroatoms. The summed E-state index contributed by atoms with van der Waals surface area (Å²) in [6, 6.07) is 33.2. The number of nitrogens with zero attached hydrogens (tertiary/aromatic N) is 1. The average Bonchev–Trinajstić information content (AvgIpc) is 2.88. The fraction of sp³-hybridized carbons (Fsp3) is 0.129. The van der Waals surface area contributed by atoms with Crippen LogP contribution in [0.2, 0.25) is 0 Å². The summed E-state index contributed by atoms with van der Waals surface area (Å²) in [6.45, 7) is 6.22. The van der Waals surface area contributed by atoms with Crippen molar-refractivity contribution in [2.75, 3.05) is 4.90 Å². The van der Waals surface area contributed by atoms with E-state index in [1.165, 1.54) is 0 Å². The molecular weight excluding hydrogens is 449 g/mol. The summed E-state index contributed by atoms with van der Waals surface area (Å²) >= 11 is 0. The standard InChI is InChI=1S/C31H30NO2P/c1-4-14-30(33)32(23-26-15-8-5-9-16-26)31-25(3)21-24(2)22-29(31)35(34,27-17-10-6-11-18-27)28-19-12-7-13-20-28/h4-22H,23H2,1-3H3/b14-4+. The molecule has 4 aromatic rings. The van der Waals surface area contributed by atoms with E-state index in [0.717, 1.165) is 27.3 Å². The number of benzene rings is 4. The molecule has 1 amide bonds. The Kier molecular flexibility index (Phi) is 7.48. The van der Waals surface area contributed by atoms with Crippen molar-refractivity contribution in [3.8, 4) is 0 Å². The van der Waals surface area contributed by atoms with Crippen molar-refractivity contribution in [3.05, 3.63) is 132 Å². The zero-order valence-electron chi connectivity index (χ0n) is 20.4. The Morgan fingerprint density at radius 3 is 1.83 bits per heavy atom. The second kappa shape index (κ2) is 10.7. The van der Waals surface area contributed by atoms with Gasteiger partial charge in [-0.05, 0) is 49.6 Å². The van der Waals surface area contributed by atoms with Gasteiger partial charge in [0.25, 0.3) is 5.91 Å². The summed E-state index contributed by atoms with van der Waals surface area (Å²) in [4.78, 5) is 15.2. The number of carbonyl (C=O) groups excluding carboxylic acids is 1. The molecule has 4 rings (SSSR count). The number of hydrogen-bond donors (Lipinski definition) is 0. The second-order valence-corrected chi connectivity index (χ2v) is 11.4. The highest BCUT2D eigenvalue weighted by atomic mass is 31.2. The van der Waals surface area contributed by atoms with Gasteiger partial charge in [0.05, 0.1) is 12.2 Å². The minimum absolute atomic E-state index is 0.141. The molecule has 0 saturated heterocycles. The SMILES string of the molecule is C/C=C/C(=O)N(Cc1ccccc1)c1c(C)cc(C)cc1P(=O)(c1ccccc1)c1ccccc1. The second-order valence-electron chi connectivity index (χ2n) is 8.64. The van der Waals surface area contributed by atoms with E-state index in [1.807, 2.05) is 118 Å². The van der Waals surface area contributed by atoms with Crippen molar-refractivity contribution < 1.29 is 9.36 Å². The van der Waals surface area contributed by atoms with Crippen molar-refractivity contribution in [1.82, 2.24) is 0 Å². The summed E-state index contributed by atoms with van der Waals surface area (Å²) in [5.74, 6) is -0.141. The van der Waals surface area contributed by atoms with Crippen molar-refractivity contribution in [3.63, 3.8) is 0 Å². The van der Waals surface area contributed by atoms with Crippen molar-refractivity contribution in [2.45, 2.75) is 27.3 Å². The Hall–Kier alpha value is -3.68. The minimum atomic E-state index is -3.30. The van der Waals surface area contributed by atoms with Crippen LogP contribution in [0.15, 0.2) is 115 Å². The average molecular weight is 480 g/mol. The van der Waals surface area contributed by atoms with Crippen molar-refractivity contribution >= 4 is 34.7 Å². The summed E-state index contributed by atoms with van der Waals surface area (Å²) in [5.41, 5.74) is 3.64. The highest BCUT2D eigenvalue weighted by Gasteiger charge is 2.35. The lowest BCUT2D eigenvalue weighted by molar-refractivity contribution is -0.114. The van der Waals surface area contributed by atoms with Gasteiger partial charge in [-0.25, -0.2) is 0 Å². The summed E-state index contributed by atoms with van der Waals surface area (Å²) < 4.78 is 15.3. The predicted octanol–water partition coefficient (Wildman–Crippen LogP) is 6.05. The molecule has 3 nitrogen and oxygen atoms in total. The molecule has 0 unspecified atom stereocenters. The van der Waals surface area contributed by atoms with Crippen LogP contribution in [0.4, 0.5) is 5.69 Å². The number of rotatable bonds is 7. The van der Waals surface area contributed by atoms with E-state index in [0.29, 0.717) is 17.5 Å². The fourth-order valence-corrected chi connectivity index (χ4v) is 7.52. The third kappa shape index (κ3) is 5.06. The third-order valence-electron chi connectivity index (χ3n) is 6.03. The topological polar surface area (TPSA) is 37.4 Å². The van der Waals surface area contributed by atoms with Gasteiger partial charge in [0.15, 0.2) is 7.14 Å². The van der Waals surface area contributed by atoms with Crippen molar-refractivity contribution in [2.24, 2.45) is 0 Å². The molecular formula is C31H30NO2P. The molecule has 0 spiro atoms. The first kappa shape index (κ1) is 24.4. The Bertz CT molecular complexity index is 1340. The molecule has 0 heterocycles. The molecule has 0 N–H and O–H groups in total. The number of allylic oxidation sites excluding steroid dienone is 1. The third-order valence-corrected chi connectivity index (χ3v) is 9.10. The lowest BCUT2D eigenvalue weighted by Crippen LogP contribution is -2.36. The van der Waals surface area contributed by atoms with Crippen molar-refractivity contribution in [1.29, 1.82) is 0 Å². The largest absolute Gasteiger partial charge is 0.309 e. The summed E-state index contributed by atoms with van der Waals surface area (Å²) in [5, 5.41) is 2.17. The smallest absolute Gasteiger partial charge is 0.250 e. The molecule has 0 aliphatic carbocycles. The molecule has 176 valence electrons. The van der Waals surface area contributed by atoms with Gasteiger partial charge in [0.1, 0.15) is 0 Å². The first-order valence-electron chi connectivity index (χ1n) is 11.8. The monoisotopic (exact) mass is 479 g/mol. The van der Waals surface area contributed by atoms with Crippen LogP contribution in [-0.2, 0) is 15.9 Å². The quantitative estimate of drug-likeness (QED) is 0.239. The van der Waals surface area contributed by atoms with E-state index in [-0.39, 0.29) is 5.91 Å². The molecule has 0 saturated carbocycles. The molecule has 35 heavy (non-hydrogen) atoms. The molecule has 4 aromatic carbocycles. The summed E-state index contributed by atoms with van der Waals surface area (Å²) in [6.07, 6.45) is 3.32. The van der Waals surface area contributed by atoms with Gasteiger partial charge in [-0.1, -0.05) is 103 Å². The Balaban J connectivity index is 2.04. The van der Waals surface area contributed by atoms with Crippen LogP contribution in [0.25, 0.3) is 0 Å². The minimum Gasteiger partial charge on any atom is -0.309 e. The molecule has 0 aliphatic rings. The lowest BCUT2D eigenvalue weighted by atomic mass is 10.1. The Morgan fingerprint density at radius 2 is 1.31 bits per heavy atom. The number of aryl methyl sites for hydroxylation is 2. The molecule has 0 bridgehead atoms. The van der Waals surface area contributed by atoms with Gasteiger partial charge in [-0.15, -0.1) is 0 Å². The Morgan fingerprint density at radius 1 is 0.800 bits per heavy atom. The van der Waals surface area contributed by atoms with Crippen LogP contribution in [-0.4, -0.2) is 5.91 Å². The maximum absolute atomic E-state index is 15.3. The zero-order chi connectivity index (χ0) is 24.8. The van der Waals surface area contributed by atoms with Gasteiger partial charge in [-0.3, -0.25) is 4.79 Å². The van der Waals surface area contributed by atoms with Crippen LogP contribution in [0.3, 0.4) is 0 Å². The first-order chi connectivity index (χ1) is 16.9. The van der Waals surface area contributed by atoms with Gasteiger partial charge in [0, 0.05) is 15.9 Å². The van der Waals surface area contributed by atoms with E-state index < -0.39 is 7.14 Å². The normalized spacial score (nSPS) is 11.5. The van der Waals surface area contributed by atoms with E-state index in [4.69, 9.17) is 0 Å². The molecule has 0 fully saturated rings. The number of anilines is 1. The molecule has 0 atom stereocenters. The highest BCUT2D eigenvalue weighted by molar-refractivity contribution is 7.85. The number of carbonyl (C=O) groups is 1. The lowest BCUT2D eigenvalue weighted by Gasteiger charge is -2.30. The van der Waals surface area contributed by atoms with Gasteiger partial charge in [-0.2, -0.15) is 0 Å². The zero-order valence-corrected chi connectivity index (χ0v) is 21.3. The maximum Gasteiger partial charge on any atom is 0.250 e. The van der Waals surface area contributed by atoms with Crippen LogP contribution >= 0.6 is 7.14 Å². The van der Waals surface area contributed by atoms with Gasteiger partial charge in [0.2, 0.25) is 0 Å². The summed E-state index contributed by atoms with van der Waals surface area (Å²) in [7, 11) is -3.30. The van der Waals surface area contributed by atoms with Crippen LogP contribution in [0.1, 0.15) is 23.6 Å². The Labute approximate surface area is 208 Å². The van der Waals surface area contributed by atoms with E-state index >= 15 is 4.57 Å². The highest BCUT2D eigenvalue weighted by Crippen LogP contribution is 2.46. The van der Waals surface area contributed by atoms with E-state index in [1.54, 1.807) is 17.1 Å².